The average molecular weight is 328 g/mol. The van der Waals surface area contributed by atoms with E-state index < -0.39 is 11.7 Å². The molecule has 0 unspecified atom stereocenters. The lowest BCUT2D eigenvalue weighted by Gasteiger charge is -2.09. The van der Waals surface area contributed by atoms with E-state index in [0.717, 1.165) is 12.1 Å². The second kappa shape index (κ2) is 5.13. The van der Waals surface area contributed by atoms with Crippen LogP contribution in [-0.2, 0) is 13.2 Å². The number of aromatic nitrogens is 4. The highest BCUT2D eigenvalue weighted by atomic mass is 35.5. The second-order valence-electron chi connectivity index (χ2n) is 4.55. The highest BCUT2D eigenvalue weighted by molar-refractivity contribution is 6.28. The number of halogens is 4. The molecule has 0 atom stereocenters. The van der Waals surface area contributed by atoms with Crippen LogP contribution in [0, 0.1) is 0 Å². The number of anilines is 2. The zero-order chi connectivity index (χ0) is 15.9. The summed E-state index contributed by atoms with van der Waals surface area (Å²) >= 11 is 5.85. The van der Waals surface area contributed by atoms with E-state index in [2.05, 4.69) is 20.4 Å². The van der Waals surface area contributed by atoms with Gasteiger partial charge in [-0.3, -0.25) is 4.68 Å². The Bertz CT molecular complexity index is 826. The van der Waals surface area contributed by atoms with Crippen LogP contribution >= 0.6 is 11.6 Å². The van der Waals surface area contributed by atoms with Crippen molar-refractivity contribution >= 4 is 34.1 Å². The van der Waals surface area contributed by atoms with Crippen molar-refractivity contribution in [3.05, 3.63) is 41.3 Å². The third-order valence-corrected chi connectivity index (χ3v) is 3.21. The second-order valence-corrected chi connectivity index (χ2v) is 4.88. The lowest BCUT2D eigenvalue weighted by Crippen LogP contribution is -2.04. The molecule has 1 N–H and O–H groups in total. The molecule has 0 saturated heterocycles. The molecule has 0 aliphatic rings. The smallest absolute Gasteiger partial charge is 0.339 e. The molecule has 0 amide bonds. The summed E-state index contributed by atoms with van der Waals surface area (Å²) in [6, 6.07) is 4.62. The number of fused-ring (bicyclic) bond motifs is 1. The topological polar surface area (TPSA) is 55.6 Å². The van der Waals surface area contributed by atoms with Crippen molar-refractivity contribution in [1.29, 1.82) is 0 Å². The Balaban J connectivity index is 1.96. The molecule has 0 aliphatic heterocycles. The van der Waals surface area contributed by atoms with Gasteiger partial charge in [0.1, 0.15) is 5.82 Å². The van der Waals surface area contributed by atoms with Crippen LogP contribution in [0.4, 0.5) is 24.7 Å². The number of nitrogens with one attached hydrogen (secondary N) is 1. The van der Waals surface area contributed by atoms with Crippen molar-refractivity contribution in [1.82, 2.24) is 19.7 Å². The first-order valence-corrected chi connectivity index (χ1v) is 6.52. The summed E-state index contributed by atoms with van der Waals surface area (Å²) in [5.74, 6) is 0.378. The maximum absolute atomic E-state index is 12.5. The minimum absolute atomic E-state index is 0.0190. The van der Waals surface area contributed by atoms with Crippen LogP contribution in [0.25, 0.3) is 11.0 Å². The van der Waals surface area contributed by atoms with Gasteiger partial charge in [0.25, 0.3) is 0 Å². The van der Waals surface area contributed by atoms with E-state index in [1.54, 1.807) is 13.2 Å². The van der Waals surface area contributed by atoms with Crippen LogP contribution in [0.5, 0.6) is 0 Å². The minimum Gasteiger partial charge on any atom is -0.339 e. The molecular weight excluding hydrogens is 319 g/mol. The molecular formula is C13H9ClF3N5. The van der Waals surface area contributed by atoms with Crippen LogP contribution in [0.2, 0.25) is 5.28 Å². The fourth-order valence-corrected chi connectivity index (χ4v) is 2.13. The molecule has 3 rings (SSSR count). The first kappa shape index (κ1) is 14.6. The molecule has 2 heterocycles. The summed E-state index contributed by atoms with van der Waals surface area (Å²) < 4.78 is 39.2. The number of alkyl halides is 3. The molecule has 9 heteroatoms. The van der Waals surface area contributed by atoms with Gasteiger partial charge < -0.3 is 5.32 Å². The Labute approximate surface area is 127 Å². The van der Waals surface area contributed by atoms with Gasteiger partial charge in [-0.25, -0.2) is 0 Å². The van der Waals surface area contributed by atoms with E-state index in [0.29, 0.717) is 22.5 Å². The first-order chi connectivity index (χ1) is 10.3. The summed E-state index contributed by atoms with van der Waals surface area (Å²) in [5.41, 5.74) is 0.257. The Morgan fingerprint density at radius 1 is 1.14 bits per heavy atom. The third-order valence-electron chi connectivity index (χ3n) is 3.04. The van der Waals surface area contributed by atoms with E-state index in [9.17, 15) is 13.2 Å². The fourth-order valence-electron chi connectivity index (χ4n) is 1.97. The van der Waals surface area contributed by atoms with Gasteiger partial charge in [0, 0.05) is 12.7 Å². The van der Waals surface area contributed by atoms with Gasteiger partial charge in [-0.15, -0.1) is 0 Å². The minimum atomic E-state index is -4.37. The summed E-state index contributed by atoms with van der Waals surface area (Å²) in [6.45, 7) is 0. The van der Waals surface area contributed by atoms with Crippen LogP contribution in [0.1, 0.15) is 5.56 Å². The lowest BCUT2D eigenvalue weighted by molar-refractivity contribution is -0.137. The van der Waals surface area contributed by atoms with Crippen molar-refractivity contribution in [2.24, 2.45) is 7.05 Å². The van der Waals surface area contributed by atoms with E-state index in [4.69, 9.17) is 11.6 Å². The summed E-state index contributed by atoms with van der Waals surface area (Å²) in [7, 11) is 1.70. The number of hydrogen-bond acceptors (Lipinski definition) is 4. The van der Waals surface area contributed by atoms with Crippen LogP contribution < -0.4 is 5.32 Å². The number of hydrogen-bond donors (Lipinski definition) is 1. The average Bonchev–Trinajstić information content (AvgIpc) is 2.80. The number of rotatable bonds is 2. The highest BCUT2D eigenvalue weighted by Gasteiger charge is 2.29. The predicted octanol–water partition coefficient (Wildman–Crippen LogP) is 3.78. The largest absolute Gasteiger partial charge is 0.416 e. The monoisotopic (exact) mass is 327 g/mol. The first-order valence-electron chi connectivity index (χ1n) is 6.14. The van der Waals surface area contributed by atoms with Gasteiger partial charge in [-0.2, -0.15) is 28.2 Å². The summed E-state index contributed by atoms with van der Waals surface area (Å²) in [5, 5.41) is 7.61. The molecule has 5 nitrogen and oxygen atoms in total. The number of aryl methyl sites for hydroxylation is 1. The number of benzene rings is 1. The fraction of sp³-hybridized carbons (Fsp3) is 0.154. The van der Waals surface area contributed by atoms with Gasteiger partial charge in [0.15, 0.2) is 5.65 Å². The maximum atomic E-state index is 12.5. The van der Waals surface area contributed by atoms with Crippen molar-refractivity contribution < 1.29 is 13.2 Å². The molecule has 22 heavy (non-hydrogen) atoms. The quantitative estimate of drug-likeness (QED) is 0.728. The molecule has 0 spiro atoms. The molecule has 2 aromatic heterocycles. The van der Waals surface area contributed by atoms with Crippen LogP contribution in [-0.4, -0.2) is 19.7 Å². The van der Waals surface area contributed by atoms with Gasteiger partial charge in [-0.1, -0.05) is 0 Å². The van der Waals surface area contributed by atoms with Crippen molar-refractivity contribution in [3.8, 4) is 0 Å². The lowest BCUT2D eigenvalue weighted by atomic mass is 10.2. The normalized spacial score (nSPS) is 11.9. The van der Waals surface area contributed by atoms with Gasteiger partial charge >= 0.3 is 6.18 Å². The summed E-state index contributed by atoms with van der Waals surface area (Å²) in [6.07, 6.45) is -2.81. The van der Waals surface area contributed by atoms with E-state index in [1.165, 1.54) is 16.8 Å². The predicted molar refractivity (Wildman–Crippen MR) is 76.0 cm³/mol. The zero-order valence-corrected chi connectivity index (χ0v) is 11.9. The molecule has 0 saturated carbocycles. The molecule has 0 radical (unpaired) electrons. The Kier molecular flexibility index (Phi) is 3.40. The van der Waals surface area contributed by atoms with Gasteiger partial charge in [-0.05, 0) is 35.9 Å². The molecule has 3 aromatic rings. The standard InChI is InChI=1S/C13H9ClF3N5/c1-22-11-9(6-18-22)10(20-12(14)21-11)19-8-4-2-7(3-5-8)13(15,16)17/h2-6H,1H3,(H,19,20,21). The SMILES string of the molecule is Cn1ncc2c(Nc3ccc(C(F)(F)F)cc3)nc(Cl)nc21. The Morgan fingerprint density at radius 2 is 1.82 bits per heavy atom. The molecule has 0 fully saturated rings. The van der Waals surface area contributed by atoms with Gasteiger partial charge in [0.05, 0.1) is 17.1 Å². The van der Waals surface area contributed by atoms with E-state index in [-0.39, 0.29) is 5.28 Å². The maximum Gasteiger partial charge on any atom is 0.416 e. The van der Waals surface area contributed by atoms with Crippen LogP contribution in [0.15, 0.2) is 30.5 Å². The molecule has 0 bridgehead atoms. The van der Waals surface area contributed by atoms with Crippen LogP contribution in [0.3, 0.4) is 0 Å². The van der Waals surface area contributed by atoms with E-state index in [1.807, 2.05) is 0 Å². The summed E-state index contributed by atoms with van der Waals surface area (Å²) in [4.78, 5) is 8.10. The van der Waals surface area contributed by atoms with Gasteiger partial charge in [0.2, 0.25) is 5.28 Å². The van der Waals surface area contributed by atoms with Crippen molar-refractivity contribution in [2.75, 3.05) is 5.32 Å². The third kappa shape index (κ3) is 2.69. The zero-order valence-electron chi connectivity index (χ0n) is 11.2. The Hall–Kier alpha value is -2.35. The number of nitrogens with zero attached hydrogens (tertiary/aromatic N) is 4. The molecule has 114 valence electrons. The van der Waals surface area contributed by atoms with E-state index >= 15 is 0 Å². The highest BCUT2D eigenvalue weighted by Crippen LogP contribution is 2.31. The van der Waals surface area contributed by atoms with Crippen molar-refractivity contribution in [3.63, 3.8) is 0 Å². The molecule has 0 aliphatic carbocycles. The molecule has 1 aromatic carbocycles. The Morgan fingerprint density at radius 3 is 2.45 bits per heavy atom. The van der Waals surface area contributed by atoms with Crippen molar-refractivity contribution in [2.45, 2.75) is 6.18 Å².